The topological polar surface area (TPSA) is 38.3 Å². The van der Waals surface area contributed by atoms with Crippen molar-refractivity contribution in [2.24, 2.45) is 5.92 Å². The highest BCUT2D eigenvalue weighted by atomic mass is 19.1. The van der Waals surface area contributed by atoms with Crippen molar-refractivity contribution in [2.75, 3.05) is 6.61 Å². The third-order valence-electron chi connectivity index (χ3n) is 4.11. The van der Waals surface area contributed by atoms with Gasteiger partial charge >= 0.3 is 0 Å². The maximum absolute atomic E-state index is 13.1. The van der Waals surface area contributed by atoms with Crippen molar-refractivity contribution in [2.45, 2.75) is 19.9 Å². The zero-order valence-electron chi connectivity index (χ0n) is 13.8. The first kappa shape index (κ1) is 16.2. The lowest BCUT2D eigenvalue weighted by Gasteiger charge is -2.25. The van der Waals surface area contributed by atoms with Gasteiger partial charge in [-0.1, -0.05) is 44.2 Å². The van der Waals surface area contributed by atoms with Crippen LogP contribution in [0.5, 0.6) is 5.75 Å². The fraction of sp³-hybridized carbons (Fsp3) is 0.250. The van der Waals surface area contributed by atoms with E-state index in [0.717, 1.165) is 16.9 Å². The number of carbonyl (C=O) groups is 1. The van der Waals surface area contributed by atoms with Crippen molar-refractivity contribution < 1.29 is 13.9 Å². The van der Waals surface area contributed by atoms with Gasteiger partial charge in [0.25, 0.3) is 5.91 Å². The van der Waals surface area contributed by atoms with Crippen molar-refractivity contribution in [1.82, 2.24) is 5.32 Å². The first-order valence-corrected chi connectivity index (χ1v) is 8.03. The van der Waals surface area contributed by atoms with Gasteiger partial charge in [0, 0.05) is 5.56 Å². The standard InChI is InChI=1S/C20H20FNO2/c1-13(2)19(14-7-9-17(21)10-8-14)22-20(23)16-11-15-5-3-4-6-18(15)24-12-16/h3-11,13,19H,12H2,1-2H3,(H,22,23)/t19-/m1/s1. The molecule has 1 heterocycles. The van der Waals surface area contributed by atoms with Crippen LogP contribution in [0.2, 0.25) is 0 Å². The Bertz CT molecular complexity index is 765. The molecule has 24 heavy (non-hydrogen) atoms. The van der Waals surface area contributed by atoms with Crippen LogP contribution in [-0.2, 0) is 4.79 Å². The van der Waals surface area contributed by atoms with Gasteiger partial charge in [-0.25, -0.2) is 4.39 Å². The molecule has 124 valence electrons. The molecule has 0 bridgehead atoms. The average Bonchev–Trinajstić information content (AvgIpc) is 2.59. The van der Waals surface area contributed by atoms with E-state index in [-0.39, 0.29) is 30.3 Å². The number of para-hydroxylation sites is 1. The molecule has 2 aromatic rings. The second kappa shape index (κ2) is 6.87. The van der Waals surface area contributed by atoms with E-state index in [0.29, 0.717) is 5.57 Å². The monoisotopic (exact) mass is 325 g/mol. The van der Waals surface area contributed by atoms with Gasteiger partial charge in [0.2, 0.25) is 0 Å². The van der Waals surface area contributed by atoms with Crippen molar-refractivity contribution in [3.05, 3.63) is 71.0 Å². The second-order valence-corrected chi connectivity index (χ2v) is 6.24. The van der Waals surface area contributed by atoms with Crippen LogP contribution in [0.1, 0.15) is 31.0 Å². The van der Waals surface area contributed by atoms with E-state index >= 15 is 0 Å². The van der Waals surface area contributed by atoms with Crippen LogP contribution in [0.15, 0.2) is 54.1 Å². The zero-order chi connectivity index (χ0) is 17.1. The van der Waals surface area contributed by atoms with Crippen molar-refractivity contribution in [3.63, 3.8) is 0 Å². The van der Waals surface area contributed by atoms with E-state index in [4.69, 9.17) is 4.74 Å². The summed E-state index contributed by atoms with van der Waals surface area (Å²) in [5, 5.41) is 3.04. The van der Waals surface area contributed by atoms with Gasteiger partial charge in [-0.05, 0) is 35.8 Å². The zero-order valence-corrected chi connectivity index (χ0v) is 13.8. The number of nitrogens with one attached hydrogen (secondary N) is 1. The van der Waals surface area contributed by atoms with Gasteiger partial charge in [-0.15, -0.1) is 0 Å². The van der Waals surface area contributed by atoms with Crippen LogP contribution in [0.25, 0.3) is 6.08 Å². The minimum atomic E-state index is -0.285. The second-order valence-electron chi connectivity index (χ2n) is 6.24. The Labute approximate surface area is 141 Å². The van der Waals surface area contributed by atoms with Crippen molar-refractivity contribution in [1.29, 1.82) is 0 Å². The lowest BCUT2D eigenvalue weighted by molar-refractivity contribution is -0.118. The molecule has 0 saturated heterocycles. The molecular weight excluding hydrogens is 305 g/mol. The fourth-order valence-electron chi connectivity index (χ4n) is 2.79. The number of carbonyl (C=O) groups excluding carboxylic acids is 1. The average molecular weight is 325 g/mol. The van der Waals surface area contributed by atoms with E-state index in [2.05, 4.69) is 5.32 Å². The first-order chi connectivity index (χ1) is 11.5. The Morgan fingerprint density at radius 2 is 1.83 bits per heavy atom. The van der Waals surface area contributed by atoms with Gasteiger partial charge in [-0.2, -0.15) is 0 Å². The molecule has 0 fully saturated rings. The van der Waals surface area contributed by atoms with E-state index in [1.807, 2.05) is 44.2 Å². The number of hydrogen-bond donors (Lipinski definition) is 1. The summed E-state index contributed by atoms with van der Waals surface area (Å²) >= 11 is 0. The number of amides is 1. The van der Waals surface area contributed by atoms with Crippen molar-refractivity contribution >= 4 is 12.0 Å². The number of benzene rings is 2. The number of hydrogen-bond acceptors (Lipinski definition) is 2. The first-order valence-electron chi connectivity index (χ1n) is 8.03. The Morgan fingerprint density at radius 3 is 2.54 bits per heavy atom. The maximum Gasteiger partial charge on any atom is 0.251 e. The Kier molecular flexibility index (Phi) is 4.65. The predicted octanol–water partition coefficient (Wildman–Crippen LogP) is 4.12. The van der Waals surface area contributed by atoms with Gasteiger partial charge in [0.05, 0.1) is 11.6 Å². The lowest BCUT2D eigenvalue weighted by Crippen LogP contribution is -2.34. The summed E-state index contributed by atoms with van der Waals surface area (Å²) < 4.78 is 18.8. The molecule has 0 aliphatic carbocycles. The quantitative estimate of drug-likeness (QED) is 0.918. The number of rotatable bonds is 4. The van der Waals surface area contributed by atoms with Crippen molar-refractivity contribution in [3.8, 4) is 5.75 Å². The Hall–Kier alpha value is -2.62. The molecule has 3 nitrogen and oxygen atoms in total. The number of ether oxygens (including phenoxy) is 1. The number of fused-ring (bicyclic) bond motifs is 1. The Balaban J connectivity index is 1.80. The van der Waals surface area contributed by atoms with Gasteiger partial charge in [0.1, 0.15) is 18.2 Å². The van der Waals surface area contributed by atoms with Gasteiger partial charge < -0.3 is 10.1 Å². The maximum atomic E-state index is 13.1. The van der Waals surface area contributed by atoms with Gasteiger partial charge in [0.15, 0.2) is 0 Å². The number of halogens is 1. The molecule has 0 spiro atoms. The predicted molar refractivity (Wildman–Crippen MR) is 92.0 cm³/mol. The summed E-state index contributed by atoms with van der Waals surface area (Å²) in [5.74, 6) is 0.518. The van der Waals surface area contributed by atoms with Crippen LogP contribution >= 0.6 is 0 Å². The van der Waals surface area contributed by atoms with Crippen LogP contribution in [0.4, 0.5) is 4.39 Å². The normalized spacial score (nSPS) is 14.4. The summed E-state index contributed by atoms with van der Waals surface area (Å²) in [7, 11) is 0. The smallest absolute Gasteiger partial charge is 0.251 e. The minimum Gasteiger partial charge on any atom is -0.488 e. The molecule has 1 aliphatic rings. The lowest BCUT2D eigenvalue weighted by atomic mass is 9.95. The SMILES string of the molecule is CC(C)[C@@H](NC(=O)C1=Cc2ccccc2OC1)c1ccc(F)cc1. The van der Waals surface area contributed by atoms with Crippen LogP contribution < -0.4 is 10.1 Å². The summed E-state index contributed by atoms with van der Waals surface area (Å²) in [4.78, 5) is 12.6. The molecule has 0 unspecified atom stereocenters. The molecule has 0 aromatic heterocycles. The highest BCUT2D eigenvalue weighted by molar-refractivity contribution is 5.99. The third-order valence-corrected chi connectivity index (χ3v) is 4.11. The molecule has 0 radical (unpaired) electrons. The summed E-state index contributed by atoms with van der Waals surface area (Å²) in [5.41, 5.74) is 2.37. The molecular formula is C20H20FNO2. The van der Waals surface area contributed by atoms with Crippen LogP contribution in [0.3, 0.4) is 0 Å². The molecule has 4 heteroatoms. The summed E-state index contributed by atoms with van der Waals surface area (Å²) in [6.07, 6.45) is 1.86. The molecule has 1 N–H and O–H groups in total. The van der Waals surface area contributed by atoms with E-state index in [1.54, 1.807) is 12.1 Å². The Morgan fingerprint density at radius 1 is 1.12 bits per heavy atom. The minimum absolute atomic E-state index is 0.160. The summed E-state index contributed by atoms with van der Waals surface area (Å²) in [6, 6.07) is 13.7. The molecule has 1 amide bonds. The highest BCUT2D eigenvalue weighted by Gasteiger charge is 2.22. The third kappa shape index (κ3) is 3.48. The van der Waals surface area contributed by atoms with Gasteiger partial charge in [-0.3, -0.25) is 4.79 Å². The van der Waals surface area contributed by atoms with E-state index in [9.17, 15) is 9.18 Å². The largest absolute Gasteiger partial charge is 0.488 e. The fourth-order valence-corrected chi connectivity index (χ4v) is 2.79. The van der Waals surface area contributed by atoms with E-state index in [1.165, 1.54) is 12.1 Å². The molecule has 1 aliphatic heterocycles. The molecule has 2 aromatic carbocycles. The van der Waals surface area contributed by atoms with Crippen LogP contribution in [0, 0.1) is 11.7 Å². The molecule has 0 saturated carbocycles. The van der Waals surface area contributed by atoms with Crippen LogP contribution in [-0.4, -0.2) is 12.5 Å². The molecule has 3 rings (SSSR count). The molecule has 1 atom stereocenters. The highest BCUT2D eigenvalue weighted by Crippen LogP contribution is 2.27. The van der Waals surface area contributed by atoms with E-state index < -0.39 is 0 Å². The summed E-state index contributed by atoms with van der Waals surface area (Å²) in [6.45, 7) is 4.29.